The topological polar surface area (TPSA) is 30.5 Å². The molecule has 0 radical (unpaired) electrons. The number of ether oxygens (including phenoxy) is 2. The van der Waals surface area contributed by atoms with Gasteiger partial charge in [0.15, 0.2) is 0 Å². The SMILES string of the molecule is COCCCOCCC(CNCC(C)C)CC(C)C. The van der Waals surface area contributed by atoms with Crippen LogP contribution < -0.4 is 5.32 Å². The van der Waals surface area contributed by atoms with Gasteiger partial charge in [0.25, 0.3) is 0 Å². The fraction of sp³-hybridized carbons (Fsp3) is 1.00. The summed E-state index contributed by atoms with van der Waals surface area (Å²) >= 11 is 0. The van der Waals surface area contributed by atoms with E-state index in [1.165, 1.54) is 6.42 Å². The second-order valence-corrected chi connectivity index (χ2v) is 6.30. The van der Waals surface area contributed by atoms with E-state index in [9.17, 15) is 0 Å². The molecule has 3 nitrogen and oxygen atoms in total. The molecule has 0 aliphatic carbocycles. The van der Waals surface area contributed by atoms with Crippen LogP contribution in [0.25, 0.3) is 0 Å². The molecule has 0 fully saturated rings. The molecule has 0 aromatic carbocycles. The summed E-state index contributed by atoms with van der Waals surface area (Å²) in [4.78, 5) is 0. The average Bonchev–Trinajstić information content (AvgIpc) is 2.32. The maximum absolute atomic E-state index is 5.67. The molecule has 0 aliphatic heterocycles. The van der Waals surface area contributed by atoms with Crippen LogP contribution in [0.3, 0.4) is 0 Å². The van der Waals surface area contributed by atoms with Gasteiger partial charge >= 0.3 is 0 Å². The first-order valence-electron chi connectivity index (χ1n) is 7.83. The van der Waals surface area contributed by atoms with Crippen molar-refractivity contribution in [1.29, 1.82) is 0 Å². The van der Waals surface area contributed by atoms with Crippen LogP contribution in [0.4, 0.5) is 0 Å². The van der Waals surface area contributed by atoms with E-state index in [0.29, 0.717) is 0 Å². The number of nitrogens with one attached hydrogen (secondary N) is 1. The van der Waals surface area contributed by atoms with E-state index < -0.39 is 0 Å². The van der Waals surface area contributed by atoms with E-state index in [4.69, 9.17) is 9.47 Å². The fourth-order valence-electron chi connectivity index (χ4n) is 2.20. The molecule has 0 saturated carbocycles. The summed E-state index contributed by atoms with van der Waals surface area (Å²) in [6.07, 6.45) is 3.44. The second kappa shape index (κ2) is 12.9. The van der Waals surface area contributed by atoms with Crippen LogP contribution >= 0.6 is 0 Å². The molecule has 1 atom stereocenters. The summed E-state index contributed by atoms with van der Waals surface area (Å²) in [7, 11) is 1.74. The molecule has 0 aromatic rings. The molecule has 3 heteroatoms. The minimum atomic E-state index is 0.727. The van der Waals surface area contributed by atoms with Gasteiger partial charge in [-0.2, -0.15) is 0 Å². The zero-order valence-corrected chi connectivity index (χ0v) is 13.7. The minimum absolute atomic E-state index is 0.727. The van der Waals surface area contributed by atoms with Gasteiger partial charge in [-0.25, -0.2) is 0 Å². The molecule has 0 rings (SSSR count). The molecule has 0 bridgehead atoms. The molecule has 19 heavy (non-hydrogen) atoms. The third-order valence-electron chi connectivity index (χ3n) is 3.10. The summed E-state index contributed by atoms with van der Waals surface area (Å²) in [6, 6.07) is 0. The number of hydrogen-bond donors (Lipinski definition) is 1. The van der Waals surface area contributed by atoms with Crippen molar-refractivity contribution in [3.8, 4) is 0 Å². The standard InChI is InChI=1S/C16H35NO2/c1-14(2)11-16(13-17-12-15(3)4)7-10-19-9-6-8-18-5/h14-17H,6-13H2,1-5H3. The van der Waals surface area contributed by atoms with Gasteiger partial charge < -0.3 is 14.8 Å². The Hall–Kier alpha value is -0.120. The van der Waals surface area contributed by atoms with Gasteiger partial charge in [-0.15, -0.1) is 0 Å². The lowest BCUT2D eigenvalue weighted by molar-refractivity contribution is 0.0916. The fourth-order valence-corrected chi connectivity index (χ4v) is 2.20. The van der Waals surface area contributed by atoms with Crippen LogP contribution in [0.5, 0.6) is 0 Å². The molecule has 0 aromatic heterocycles. The van der Waals surface area contributed by atoms with Crippen LogP contribution in [-0.2, 0) is 9.47 Å². The van der Waals surface area contributed by atoms with Crippen molar-refractivity contribution < 1.29 is 9.47 Å². The lowest BCUT2D eigenvalue weighted by atomic mass is 9.94. The van der Waals surface area contributed by atoms with E-state index in [-0.39, 0.29) is 0 Å². The van der Waals surface area contributed by atoms with Crippen molar-refractivity contribution in [2.45, 2.75) is 47.0 Å². The summed E-state index contributed by atoms with van der Waals surface area (Å²) in [6.45, 7) is 13.8. The molecule has 0 spiro atoms. The first kappa shape index (κ1) is 18.9. The third kappa shape index (κ3) is 14.1. The molecule has 1 unspecified atom stereocenters. The lowest BCUT2D eigenvalue weighted by Crippen LogP contribution is -2.28. The first-order valence-corrected chi connectivity index (χ1v) is 7.83. The predicted molar refractivity (Wildman–Crippen MR) is 82.6 cm³/mol. The maximum Gasteiger partial charge on any atom is 0.0487 e. The molecular formula is C16H35NO2. The van der Waals surface area contributed by atoms with Crippen molar-refractivity contribution in [2.24, 2.45) is 17.8 Å². The normalized spacial score (nSPS) is 13.4. The highest BCUT2D eigenvalue weighted by Gasteiger charge is 2.11. The Morgan fingerprint density at radius 2 is 1.63 bits per heavy atom. The van der Waals surface area contributed by atoms with Gasteiger partial charge in [0.2, 0.25) is 0 Å². The van der Waals surface area contributed by atoms with Crippen molar-refractivity contribution in [1.82, 2.24) is 5.32 Å². The lowest BCUT2D eigenvalue weighted by Gasteiger charge is -2.20. The molecular weight excluding hydrogens is 238 g/mol. The van der Waals surface area contributed by atoms with E-state index >= 15 is 0 Å². The largest absolute Gasteiger partial charge is 0.385 e. The molecule has 0 saturated heterocycles. The zero-order valence-electron chi connectivity index (χ0n) is 13.7. The van der Waals surface area contributed by atoms with Gasteiger partial charge in [-0.3, -0.25) is 0 Å². The second-order valence-electron chi connectivity index (χ2n) is 6.30. The van der Waals surface area contributed by atoms with Gasteiger partial charge in [0, 0.05) is 26.9 Å². The Kier molecular flexibility index (Phi) is 12.8. The Labute approximate surface area is 120 Å². The smallest absolute Gasteiger partial charge is 0.0487 e. The van der Waals surface area contributed by atoms with Crippen LogP contribution in [0.15, 0.2) is 0 Å². The van der Waals surface area contributed by atoms with Crippen LogP contribution in [-0.4, -0.2) is 40.0 Å². The monoisotopic (exact) mass is 273 g/mol. The van der Waals surface area contributed by atoms with E-state index in [1.807, 2.05) is 0 Å². The van der Waals surface area contributed by atoms with Gasteiger partial charge in [-0.05, 0) is 50.1 Å². The zero-order chi connectivity index (χ0) is 14.5. The van der Waals surface area contributed by atoms with Crippen molar-refractivity contribution >= 4 is 0 Å². The highest BCUT2D eigenvalue weighted by molar-refractivity contribution is 4.65. The van der Waals surface area contributed by atoms with Crippen molar-refractivity contribution in [2.75, 3.05) is 40.0 Å². The number of rotatable bonds is 13. The van der Waals surface area contributed by atoms with E-state index in [0.717, 1.165) is 63.5 Å². The summed E-state index contributed by atoms with van der Waals surface area (Å²) in [5.74, 6) is 2.23. The van der Waals surface area contributed by atoms with Gasteiger partial charge in [-0.1, -0.05) is 27.7 Å². The van der Waals surface area contributed by atoms with E-state index in [1.54, 1.807) is 7.11 Å². The quantitative estimate of drug-likeness (QED) is 0.522. The van der Waals surface area contributed by atoms with E-state index in [2.05, 4.69) is 33.0 Å². The van der Waals surface area contributed by atoms with Gasteiger partial charge in [0.1, 0.15) is 0 Å². The first-order chi connectivity index (χ1) is 9.06. The Morgan fingerprint density at radius 1 is 0.895 bits per heavy atom. The molecule has 116 valence electrons. The number of methoxy groups -OCH3 is 1. The van der Waals surface area contributed by atoms with Crippen LogP contribution in [0.2, 0.25) is 0 Å². The summed E-state index contributed by atoms with van der Waals surface area (Å²) < 4.78 is 10.7. The van der Waals surface area contributed by atoms with Gasteiger partial charge in [0.05, 0.1) is 0 Å². The highest BCUT2D eigenvalue weighted by Crippen LogP contribution is 2.15. The Bertz CT molecular complexity index is 184. The predicted octanol–water partition coefficient (Wildman–Crippen LogP) is 3.34. The Morgan fingerprint density at radius 3 is 2.21 bits per heavy atom. The summed E-state index contributed by atoms with van der Waals surface area (Å²) in [5.41, 5.74) is 0. The van der Waals surface area contributed by atoms with Crippen molar-refractivity contribution in [3.05, 3.63) is 0 Å². The van der Waals surface area contributed by atoms with Crippen LogP contribution in [0, 0.1) is 17.8 Å². The maximum atomic E-state index is 5.67. The molecule has 0 heterocycles. The third-order valence-corrected chi connectivity index (χ3v) is 3.10. The van der Waals surface area contributed by atoms with Crippen LogP contribution in [0.1, 0.15) is 47.0 Å². The molecule has 0 aliphatic rings. The van der Waals surface area contributed by atoms with Crippen molar-refractivity contribution in [3.63, 3.8) is 0 Å². The number of hydrogen-bond acceptors (Lipinski definition) is 3. The summed E-state index contributed by atoms with van der Waals surface area (Å²) in [5, 5.41) is 3.58. The molecule has 1 N–H and O–H groups in total. The Balaban J connectivity index is 3.67. The highest BCUT2D eigenvalue weighted by atomic mass is 16.5. The average molecular weight is 273 g/mol. The minimum Gasteiger partial charge on any atom is -0.385 e. The molecule has 0 amide bonds.